The Kier molecular flexibility index (Phi) is 3.27. The quantitative estimate of drug-likeness (QED) is 0.633. The average Bonchev–Trinajstić information content (AvgIpc) is 3.03. The lowest BCUT2D eigenvalue weighted by Gasteiger charge is -2.16. The minimum atomic E-state index is 0.154. The smallest absolute Gasteiger partial charge is 0.224 e. The van der Waals surface area contributed by atoms with Gasteiger partial charge in [0.2, 0.25) is 5.28 Å². The number of halogens is 1. The Hall–Kier alpha value is -1.42. The third kappa shape index (κ3) is 2.14. The van der Waals surface area contributed by atoms with Crippen molar-refractivity contribution in [1.82, 2.24) is 14.5 Å². The molecule has 0 saturated heterocycles. The van der Waals surface area contributed by atoms with Crippen molar-refractivity contribution >= 4 is 28.4 Å². The maximum Gasteiger partial charge on any atom is 0.224 e. The van der Waals surface area contributed by atoms with E-state index in [9.17, 15) is 4.79 Å². The highest BCUT2D eigenvalue weighted by Gasteiger charge is 2.24. The third-order valence-corrected chi connectivity index (χ3v) is 4.03. The minimum absolute atomic E-state index is 0.154. The maximum absolute atomic E-state index is 12.1. The van der Waals surface area contributed by atoms with Crippen molar-refractivity contribution in [3.8, 4) is 0 Å². The summed E-state index contributed by atoms with van der Waals surface area (Å²) in [7, 11) is 0. The molecular weight excluding hydrogens is 262 g/mol. The Bertz CT molecular complexity index is 629. The van der Waals surface area contributed by atoms with Gasteiger partial charge in [-0.2, -0.15) is 4.98 Å². The summed E-state index contributed by atoms with van der Waals surface area (Å²) in [5.41, 5.74) is 1.55. The number of carbonyl (C=O) groups is 1. The molecule has 0 amide bonds. The summed E-state index contributed by atoms with van der Waals surface area (Å²) >= 11 is 5.90. The Morgan fingerprint density at radius 2 is 2.21 bits per heavy atom. The molecule has 2 heterocycles. The average molecular weight is 278 g/mol. The van der Waals surface area contributed by atoms with Crippen LogP contribution in [0.25, 0.3) is 11.0 Å². The normalized spacial score (nSPS) is 16.3. The predicted molar refractivity (Wildman–Crippen MR) is 74.7 cm³/mol. The van der Waals surface area contributed by atoms with E-state index in [1.54, 1.807) is 6.20 Å². The van der Waals surface area contributed by atoms with Gasteiger partial charge < -0.3 is 4.57 Å². The summed E-state index contributed by atoms with van der Waals surface area (Å²) in [6.45, 7) is 1.89. The number of hydrogen-bond acceptors (Lipinski definition) is 3. The first-order chi connectivity index (χ1) is 9.20. The van der Waals surface area contributed by atoms with Gasteiger partial charge in [-0.15, -0.1) is 0 Å². The zero-order valence-corrected chi connectivity index (χ0v) is 11.7. The number of Topliss-reactive ketones (excluding diaryl/α,β-unsaturated/α-hetero) is 1. The molecule has 2 aromatic heterocycles. The molecule has 1 fully saturated rings. The van der Waals surface area contributed by atoms with E-state index >= 15 is 0 Å². The molecule has 1 aliphatic rings. The van der Waals surface area contributed by atoms with Gasteiger partial charge >= 0.3 is 0 Å². The van der Waals surface area contributed by atoms with Gasteiger partial charge in [-0.3, -0.25) is 4.79 Å². The molecule has 5 heteroatoms. The Balaban J connectivity index is 2.22. The molecule has 0 N–H and O–H groups in total. The van der Waals surface area contributed by atoms with E-state index in [0.29, 0.717) is 12.5 Å². The van der Waals surface area contributed by atoms with E-state index in [0.717, 1.165) is 29.6 Å². The van der Waals surface area contributed by atoms with Gasteiger partial charge in [0.25, 0.3) is 0 Å². The van der Waals surface area contributed by atoms with Crippen molar-refractivity contribution < 1.29 is 4.79 Å². The van der Waals surface area contributed by atoms with Gasteiger partial charge in [-0.1, -0.05) is 19.8 Å². The fraction of sp³-hybridized carbons (Fsp3) is 0.500. The number of ketones is 1. The minimum Gasteiger partial charge on any atom is -0.320 e. The van der Waals surface area contributed by atoms with Crippen LogP contribution >= 0.6 is 11.6 Å². The van der Waals surface area contributed by atoms with Crippen molar-refractivity contribution in [3.63, 3.8) is 0 Å². The summed E-state index contributed by atoms with van der Waals surface area (Å²) in [4.78, 5) is 20.5. The van der Waals surface area contributed by atoms with E-state index < -0.39 is 0 Å². The number of carbonyl (C=O) groups excluding carboxylic acids is 1. The number of nitrogens with zero attached hydrogens (tertiary/aromatic N) is 3. The SMILES string of the molecule is CCC(=O)c1cc2cnc(Cl)nc2n1C1CCCC1. The lowest BCUT2D eigenvalue weighted by Crippen LogP contribution is -2.13. The predicted octanol–water partition coefficient (Wildman–Crippen LogP) is 3.79. The Morgan fingerprint density at radius 3 is 2.89 bits per heavy atom. The fourth-order valence-corrected chi connectivity index (χ4v) is 3.04. The lowest BCUT2D eigenvalue weighted by molar-refractivity contribution is 0.0977. The van der Waals surface area contributed by atoms with E-state index in [1.807, 2.05) is 13.0 Å². The Labute approximate surface area is 116 Å². The number of fused-ring (bicyclic) bond motifs is 1. The van der Waals surface area contributed by atoms with E-state index in [-0.39, 0.29) is 11.1 Å². The molecule has 3 rings (SSSR count). The molecule has 100 valence electrons. The first kappa shape index (κ1) is 12.6. The van der Waals surface area contributed by atoms with Crippen LogP contribution in [-0.4, -0.2) is 20.3 Å². The first-order valence-electron chi connectivity index (χ1n) is 6.77. The zero-order valence-electron chi connectivity index (χ0n) is 10.9. The zero-order chi connectivity index (χ0) is 13.4. The molecule has 0 aromatic carbocycles. The molecule has 19 heavy (non-hydrogen) atoms. The van der Waals surface area contributed by atoms with Gasteiger partial charge in [0.05, 0.1) is 5.69 Å². The molecule has 0 radical (unpaired) electrons. The largest absolute Gasteiger partial charge is 0.320 e. The van der Waals surface area contributed by atoms with Crippen LogP contribution in [0.2, 0.25) is 5.28 Å². The second kappa shape index (κ2) is 4.93. The summed E-state index contributed by atoms with van der Waals surface area (Å²) in [5, 5.41) is 1.13. The van der Waals surface area contributed by atoms with Crippen LogP contribution in [0.5, 0.6) is 0 Å². The van der Waals surface area contributed by atoms with Crippen molar-refractivity contribution in [2.45, 2.75) is 45.1 Å². The van der Waals surface area contributed by atoms with Crippen molar-refractivity contribution in [2.75, 3.05) is 0 Å². The van der Waals surface area contributed by atoms with E-state index in [2.05, 4.69) is 14.5 Å². The standard InChI is InChI=1S/C14H16ClN3O/c1-2-12(19)11-7-9-8-16-14(15)17-13(9)18(11)10-5-3-4-6-10/h7-8,10H,2-6H2,1H3. The van der Waals surface area contributed by atoms with Crippen LogP contribution in [-0.2, 0) is 0 Å². The van der Waals surface area contributed by atoms with Crippen LogP contribution in [0, 0.1) is 0 Å². The van der Waals surface area contributed by atoms with Gasteiger partial charge in [0, 0.05) is 24.0 Å². The van der Waals surface area contributed by atoms with Crippen LogP contribution < -0.4 is 0 Å². The van der Waals surface area contributed by atoms with Crippen molar-refractivity contribution in [3.05, 3.63) is 23.2 Å². The molecule has 0 unspecified atom stereocenters. The van der Waals surface area contributed by atoms with Gasteiger partial charge in [-0.05, 0) is 30.5 Å². The molecule has 0 aliphatic heterocycles. The third-order valence-electron chi connectivity index (χ3n) is 3.84. The molecule has 1 saturated carbocycles. The second-order valence-electron chi connectivity index (χ2n) is 5.03. The van der Waals surface area contributed by atoms with Gasteiger partial charge in [0.1, 0.15) is 5.65 Å². The number of aromatic nitrogens is 3. The van der Waals surface area contributed by atoms with Crippen molar-refractivity contribution in [1.29, 1.82) is 0 Å². The summed E-state index contributed by atoms with van der Waals surface area (Å²) < 4.78 is 2.09. The maximum atomic E-state index is 12.1. The van der Waals surface area contributed by atoms with Crippen LogP contribution in [0.1, 0.15) is 55.6 Å². The highest BCUT2D eigenvalue weighted by atomic mass is 35.5. The summed E-state index contributed by atoms with van der Waals surface area (Å²) in [6, 6.07) is 2.27. The molecular formula is C14H16ClN3O. The number of rotatable bonds is 3. The Morgan fingerprint density at radius 1 is 1.47 bits per heavy atom. The van der Waals surface area contributed by atoms with Crippen LogP contribution in [0.3, 0.4) is 0 Å². The second-order valence-corrected chi connectivity index (χ2v) is 5.37. The highest BCUT2D eigenvalue weighted by molar-refractivity contribution is 6.28. The monoisotopic (exact) mass is 277 g/mol. The number of hydrogen-bond donors (Lipinski definition) is 0. The lowest BCUT2D eigenvalue weighted by atomic mass is 10.2. The van der Waals surface area contributed by atoms with E-state index in [4.69, 9.17) is 11.6 Å². The molecule has 0 spiro atoms. The van der Waals surface area contributed by atoms with Gasteiger partial charge in [-0.25, -0.2) is 4.98 Å². The fourth-order valence-electron chi connectivity index (χ4n) is 2.92. The van der Waals surface area contributed by atoms with Gasteiger partial charge in [0.15, 0.2) is 5.78 Å². The molecule has 2 aromatic rings. The first-order valence-corrected chi connectivity index (χ1v) is 7.15. The molecule has 4 nitrogen and oxygen atoms in total. The molecule has 1 aliphatic carbocycles. The van der Waals surface area contributed by atoms with Crippen LogP contribution in [0.15, 0.2) is 12.3 Å². The topological polar surface area (TPSA) is 47.8 Å². The van der Waals surface area contributed by atoms with E-state index in [1.165, 1.54) is 12.8 Å². The molecule has 0 bridgehead atoms. The van der Waals surface area contributed by atoms with Crippen LogP contribution in [0.4, 0.5) is 0 Å². The highest BCUT2D eigenvalue weighted by Crippen LogP contribution is 2.34. The van der Waals surface area contributed by atoms with Crippen molar-refractivity contribution in [2.24, 2.45) is 0 Å². The molecule has 0 atom stereocenters. The summed E-state index contributed by atoms with van der Waals surface area (Å²) in [6.07, 6.45) is 6.84. The summed E-state index contributed by atoms with van der Waals surface area (Å²) in [5.74, 6) is 0.154.